The van der Waals surface area contributed by atoms with Crippen molar-refractivity contribution in [1.82, 2.24) is 59.2 Å². The van der Waals surface area contributed by atoms with Crippen molar-refractivity contribution < 1.29 is 14.2 Å². The molecule has 0 radical (unpaired) electrons. The average molecular weight is 922 g/mol. The van der Waals surface area contributed by atoms with Gasteiger partial charge in [-0.2, -0.15) is 15.3 Å². The molecule has 9 aromatic rings. The summed E-state index contributed by atoms with van der Waals surface area (Å²) < 4.78 is 21.9. The fourth-order valence-corrected chi connectivity index (χ4v) is 8.22. The number of aromatic amines is 3. The predicted octanol–water partition coefficient (Wildman–Crippen LogP) is 4.60. The summed E-state index contributed by atoms with van der Waals surface area (Å²) in [6.07, 6.45) is 10.5. The molecule has 0 unspecified atom stereocenters. The van der Waals surface area contributed by atoms with Crippen molar-refractivity contribution in [3.63, 3.8) is 0 Å². The van der Waals surface area contributed by atoms with Crippen molar-refractivity contribution in [2.45, 2.75) is 0 Å². The largest absolute Gasteiger partial charge is 0.378 e. The number of rotatable bonds is 3. The first-order valence-electron chi connectivity index (χ1n) is 22.8. The van der Waals surface area contributed by atoms with Crippen LogP contribution in [0.5, 0.6) is 0 Å². The number of nitrogens with zero attached hydrogens (tertiary/aromatic N) is 12. The first-order chi connectivity index (χ1) is 33.9. The quantitative estimate of drug-likeness (QED) is 0.211. The zero-order chi connectivity index (χ0) is 46.9. The van der Waals surface area contributed by atoms with Gasteiger partial charge in [0.05, 0.1) is 93.9 Å². The summed E-state index contributed by atoms with van der Waals surface area (Å²) in [5.41, 5.74) is 11.4. The molecular formula is C51H51N15O3. The SMILES string of the molecule is Cn1cncc1C#Cc1[nH]nc2c(N3CCOCC3)cccc12.Cn1cncc1C#Cc1[nH]nc2cc(N3CCOCC3)ccc12.Cn1cncc1C#Cc1[nH]nc2ccc(N3CCOCC3)cc12. The molecule has 0 aliphatic carbocycles. The Labute approximate surface area is 398 Å². The number of nitrogens with one attached hydrogen (secondary N) is 3. The molecule has 6 aromatic heterocycles. The molecular weight excluding hydrogens is 871 g/mol. The summed E-state index contributed by atoms with van der Waals surface area (Å²) in [5, 5.41) is 25.5. The summed E-state index contributed by atoms with van der Waals surface area (Å²) in [4.78, 5) is 19.2. The Bertz CT molecular complexity index is 3330. The van der Waals surface area contributed by atoms with E-state index in [9.17, 15) is 0 Å². The maximum Gasteiger partial charge on any atom is 0.117 e. The molecule has 18 heteroatoms. The first kappa shape index (κ1) is 44.5. The molecule has 3 aliphatic rings. The molecule has 0 amide bonds. The van der Waals surface area contributed by atoms with Crippen LogP contribution in [0.1, 0.15) is 34.2 Å². The monoisotopic (exact) mass is 921 g/mol. The maximum atomic E-state index is 5.43. The molecule has 69 heavy (non-hydrogen) atoms. The fraction of sp³-hybridized carbons (Fsp3) is 0.294. The van der Waals surface area contributed by atoms with Gasteiger partial charge in [0.25, 0.3) is 0 Å². The van der Waals surface area contributed by atoms with E-state index in [1.165, 1.54) is 11.4 Å². The van der Waals surface area contributed by atoms with Gasteiger partial charge in [-0.05, 0) is 84.1 Å². The molecule has 348 valence electrons. The zero-order valence-electron chi connectivity index (χ0n) is 38.7. The topological polar surface area (TPSA) is 177 Å². The highest BCUT2D eigenvalue weighted by molar-refractivity contribution is 5.94. The van der Waals surface area contributed by atoms with Crippen molar-refractivity contribution >= 4 is 49.8 Å². The van der Waals surface area contributed by atoms with Crippen LogP contribution < -0.4 is 14.7 Å². The van der Waals surface area contributed by atoms with E-state index in [0.29, 0.717) is 0 Å². The fourth-order valence-electron chi connectivity index (χ4n) is 8.22. The Kier molecular flexibility index (Phi) is 13.3. The van der Waals surface area contributed by atoms with Gasteiger partial charge in [-0.1, -0.05) is 6.07 Å². The first-order valence-corrected chi connectivity index (χ1v) is 22.8. The Morgan fingerprint density at radius 2 is 0.913 bits per heavy atom. The third-order valence-electron chi connectivity index (χ3n) is 12.1. The molecule has 3 saturated heterocycles. The van der Waals surface area contributed by atoms with Crippen LogP contribution in [0.25, 0.3) is 32.7 Å². The van der Waals surface area contributed by atoms with Gasteiger partial charge in [0.15, 0.2) is 0 Å². The Morgan fingerprint density at radius 3 is 1.45 bits per heavy atom. The van der Waals surface area contributed by atoms with Gasteiger partial charge in [0, 0.05) is 87.9 Å². The number of anilines is 3. The van der Waals surface area contributed by atoms with Gasteiger partial charge in [-0.15, -0.1) is 0 Å². The zero-order valence-corrected chi connectivity index (χ0v) is 38.7. The Hall–Kier alpha value is -8.34. The summed E-state index contributed by atoms with van der Waals surface area (Å²) in [5.74, 6) is 18.9. The molecule has 12 rings (SSSR count). The smallest absolute Gasteiger partial charge is 0.117 e. The number of fused-ring (bicyclic) bond motifs is 3. The summed E-state index contributed by atoms with van der Waals surface area (Å²) in [6.45, 7) is 10.1. The third-order valence-corrected chi connectivity index (χ3v) is 12.1. The number of ether oxygens (including phenoxy) is 3. The van der Waals surface area contributed by atoms with E-state index in [-0.39, 0.29) is 0 Å². The van der Waals surface area contributed by atoms with Crippen molar-refractivity contribution in [3.8, 4) is 35.5 Å². The number of para-hydroxylation sites is 1. The highest BCUT2D eigenvalue weighted by atomic mass is 16.5. The molecule has 0 bridgehead atoms. The second-order valence-electron chi connectivity index (χ2n) is 16.6. The standard InChI is InChI=1S/3C17H17N5O/c1-21-12-18-11-14(21)3-5-17-15-10-13(2-4-16(15)19-20-17)22-6-8-23-9-7-22;1-21-12-18-11-14(21)3-5-16-15-4-2-13(10-17(15)20-19-16)22-6-8-23-9-7-22;1-21-12-18-11-13(21)5-6-15-14-3-2-4-16(17(14)20-19-15)22-7-9-23-10-8-22/h2*2,4,10-12H,6-9H2,1H3,(H,19,20);2-4,11-12H,7-10H2,1H3,(H,19,20). The third kappa shape index (κ3) is 10.2. The normalized spacial score (nSPS) is 14.7. The molecule has 0 atom stereocenters. The lowest BCUT2D eigenvalue weighted by Crippen LogP contribution is -2.36. The number of aromatic nitrogens is 12. The second-order valence-corrected chi connectivity index (χ2v) is 16.6. The van der Waals surface area contributed by atoms with Crippen molar-refractivity contribution in [1.29, 1.82) is 0 Å². The lowest BCUT2D eigenvalue weighted by Gasteiger charge is -2.28. The van der Waals surface area contributed by atoms with Gasteiger partial charge in [0.2, 0.25) is 0 Å². The number of morpholine rings is 3. The van der Waals surface area contributed by atoms with E-state index in [4.69, 9.17) is 14.2 Å². The average Bonchev–Trinajstić information content (AvgIpc) is 4.29. The van der Waals surface area contributed by atoms with Gasteiger partial charge in [0.1, 0.15) is 39.7 Å². The number of aryl methyl sites for hydroxylation is 3. The highest BCUT2D eigenvalue weighted by Gasteiger charge is 2.18. The summed E-state index contributed by atoms with van der Waals surface area (Å²) in [7, 11) is 5.79. The van der Waals surface area contributed by atoms with Crippen LogP contribution in [0, 0.1) is 35.5 Å². The van der Waals surface area contributed by atoms with Crippen LogP contribution in [0.15, 0.2) is 92.2 Å². The number of hydrogen-bond donors (Lipinski definition) is 3. The lowest BCUT2D eigenvalue weighted by molar-refractivity contribution is 0.122. The predicted molar refractivity (Wildman–Crippen MR) is 265 cm³/mol. The van der Waals surface area contributed by atoms with E-state index < -0.39 is 0 Å². The number of benzene rings is 3. The van der Waals surface area contributed by atoms with Crippen LogP contribution in [-0.2, 0) is 35.4 Å². The minimum absolute atomic E-state index is 0.758. The van der Waals surface area contributed by atoms with Crippen LogP contribution in [-0.4, -0.2) is 138 Å². The highest BCUT2D eigenvalue weighted by Crippen LogP contribution is 2.28. The van der Waals surface area contributed by atoms with Crippen molar-refractivity contribution in [2.24, 2.45) is 21.1 Å². The molecule has 18 nitrogen and oxygen atoms in total. The molecule has 3 aliphatic heterocycles. The molecule has 3 fully saturated rings. The Morgan fingerprint density at radius 1 is 0.449 bits per heavy atom. The van der Waals surface area contributed by atoms with Crippen LogP contribution in [0.2, 0.25) is 0 Å². The Balaban J connectivity index is 0.000000120. The van der Waals surface area contributed by atoms with Crippen molar-refractivity contribution in [3.05, 3.63) is 126 Å². The minimum Gasteiger partial charge on any atom is -0.378 e. The van der Waals surface area contributed by atoms with Crippen molar-refractivity contribution in [2.75, 3.05) is 93.6 Å². The van der Waals surface area contributed by atoms with E-state index in [2.05, 4.69) is 144 Å². The van der Waals surface area contributed by atoms with Crippen LogP contribution in [0.4, 0.5) is 17.1 Å². The summed E-state index contributed by atoms with van der Waals surface area (Å²) in [6, 6.07) is 18.8. The van der Waals surface area contributed by atoms with Gasteiger partial charge >= 0.3 is 0 Å². The van der Waals surface area contributed by atoms with E-state index in [1.807, 2.05) is 40.9 Å². The lowest BCUT2D eigenvalue weighted by atomic mass is 10.1. The minimum atomic E-state index is 0.758. The van der Waals surface area contributed by atoms with E-state index >= 15 is 0 Å². The van der Waals surface area contributed by atoms with E-state index in [1.54, 1.807) is 37.6 Å². The number of imidazole rings is 3. The van der Waals surface area contributed by atoms with Crippen LogP contribution >= 0.6 is 0 Å². The molecule has 9 heterocycles. The number of hydrogen-bond acceptors (Lipinski definition) is 12. The molecule has 0 spiro atoms. The summed E-state index contributed by atoms with van der Waals surface area (Å²) >= 11 is 0. The number of H-pyrrole nitrogens is 3. The van der Waals surface area contributed by atoms with Crippen LogP contribution in [0.3, 0.4) is 0 Å². The van der Waals surface area contributed by atoms with E-state index in [0.717, 1.165) is 151 Å². The van der Waals surface area contributed by atoms with Gasteiger partial charge < -0.3 is 42.6 Å². The molecule has 3 aromatic carbocycles. The molecule has 3 N–H and O–H groups in total. The second kappa shape index (κ2) is 20.7. The maximum absolute atomic E-state index is 5.43. The molecule has 0 saturated carbocycles. The van der Waals surface area contributed by atoms with Gasteiger partial charge in [-0.3, -0.25) is 15.3 Å². The van der Waals surface area contributed by atoms with Gasteiger partial charge in [-0.25, -0.2) is 15.0 Å².